The van der Waals surface area contributed by atoms with Gasteiger partial charge in [-0.05, 0) is 24.5 Å². The SMILES string of the molecule is O=C(Cc1ccccc1C(F)(F)F)N1CCC[C@H](n2ccnc2)C1. The molecule has 0 spiro atoms. The number of benzene rings is 1. The van der Waals surface area contributed by atoms with Crippen molar-refractivity contribution in [2.24, 2.45) is 0 Å². The second-order valence-electron chi connectivity index (χ2n) is 5.98. The van der Waals surface area contributed by atoms with E-state index in [1.165, 1.54) is 18.2 Å². The number of nitrogens with zero attached hydrogens (tertiary/aromatic N) is 3. The zero-order chi connectivity index (χ0) is 17.2. The molecule has 24 heavy (non-hydrogen) atoms. The van der Waals surface area contributed by atoms with Gasteiger partial charge in [0.25, 0.3) is 0 Å². The minimum Gasteiger partial charge on any atom is -0.340 e. The molecule has 0 N–H and O–H groups in total. The molecule has 1 saturated heterocycles. The summed E-state index contributed by atoms with van der Waals surface area (Å²) < 4.78 is 41.1. The molecule has 1 fully saturated rings. The van der Waals surface area contributed by atoms with Gasteiger partial charge >= 0.3 is 6.18 Å². The highest BCUT2D eigenvalue weighted by molar-refractivity contribution is 5.79. The van der Waals surface area contributed by atoms with Gasteiger partial charge in [-0.2, -0.15) is 13.2 Å². The van der Waals surface area contributed by atoms with Crippen LogP contribution in [0, 0.1) is 0 Å². The van der Waals surface area contributed by atoms with Crippen LogP contribution in [0.4, 0.5) is 13.2 Å². The fraction of sp³-hybridized carbons (Fsp3) is 0.412. The van der Waals surface area contributed by atoms with Crippen LogP contribution in [0.1, 0.15) is 30.0 Å². The summed E-state index contributed by atoms with van der Waals surface area (Å²) in [4.78, 5) is 18.2. The summed E-state index contributed by atoms with van der Waals surface area (Å²) in [6.45, 7) is 1.08. The predicted octanol–water partition coefficient (Wildman–Crippen LogP) is 3.31. The molecule has 2 aromatic rings. The molecule has 1 atom stereocenters. The molecule has 3 rings (SSSR count). The van der Waals surface area contributed by atoms with Gasteiger partial charge in [0.1, 0.15) is 0 Å². The Labute approximate surface area is 137 Å². The van der Waals surface area contributed by atoms with E-state index in [4.69, 9.17) is 0 Å². The highest BCUT2D eigenvalue weighted by atomic mass is 19.4. The van der Waals surface area contributed by atoms with Crippen molar-refractivity contribution in [3.05, 3.63) is 54.1 Å². The number of halogens is 3. The van der Waals surface area contributed by atoms with Crippen molar-refractivity contribution in [3.63, 3.8) is 0 Å². The molecule has 1 aromatic carbocycles. The van der Waals surface area contributed by atoms with E-state index < -0.39 is 11.7 Å². The van der Waals surface area contributed by atoms with Gasteiger partial charge < -0.3 is 9.47 Å². The van der Waals surface area contributed by atoms with Gasteiger partial charge in [-0.3, -0.25) is 4.79 Å². The van der Waals surface area contributed by atoms with Crippen molar-refractivity contribution in [2.75, 3.05) is 13.1 Å². The first-order valence-corrected chi connectivity index (χ1v) is 7.85. The van der Waals surface area contributed by atoms with E-state index in [0.29, 0.717) is 13.1 Å². The van der Waals surface area contributed by atoms with Crippen LogP contribution >= 0.6 is 0 Å². The number of imidazole rings is 1. The van der Waals surface area contributed by atoms with E-state index in [0.717, 1.165) is 18.9 Å². The van der Waals surface area contributed by atoms with Gasteiger partial charge in [-0.15, -0.1) is 0 Å². The summed E-state index contributed by atoms with van der Waals surface area (Å²) in [5.41, 5.74) is -0.707. The maximum Gasteiger partial charge on any atom is 0.416 e. The van der Waals surface area contributed by atoms with Crippen molar-refractivity contribution >= 4 is 5.91 Å². The topological polar surface area (TPSA) is 38.1 Å². The lowest BCUT2D eigenvalue weighted by Crippen LogP contribution is -2.41. The first-order chi connectivity index (χ1) is 11.4. The number of alkyl halides is 3. The van der Waals surface area contributed by atoms with Crippen molar-refractivity contribution < 1.29 is 18.0 Å². The van der Waals surface area contributed by atoms with Crippen molar-refractivity contribution in [1.82, 2.24) is 14.5 Å². The lowest BCUT2D eigenvalue weighted by molar-refractivity contribution is -0.138. The number of aromatic nitrogens is 2. The third kappa shape index (κ3) is 3.60. The molecule has 1 aliphatic rings. The summed E-state index contributed by atoms with van der Waals surface area (Å²) in [6, 6.07) is 5.39. The second kappa shape index (κ2) is 6.67. The largest absolute Gasteiger partial charge is 0.416 e. The Morgan fingerprint density at radius 1 is 1.29 bits per heavy atom. The van der Waals surface area contributed by atoms with Gasteiger partial charge in [0, 0.05) is 25.5 Å². The molecule has 1 amide bonds. The zero-order valence-electron chi connectivity index (χ0n) is 13.0. The molecule has 1 aliphatic heterocycles. The molecule has 2 heterocycles. The van der Waals surface area contributed by atoms with Crippen LogP contribution in [-0.2, 0) is 17.4 Å². The fourth-order valence-electron chi connectivity index (χ4n) is 3.14. The Morgan fingerprint density at radius 2 is 2.08 bits per heavy atom. The summed E-state index contributed by atoms with van der Waals surface area (Å²) in [5.74, 6) is -0.267. The Balaban J connectivity index is 1.71. The normalized spacial score (nSPS) is 18.6. The van der Waals surface area contributed by atoms with E-state index in [9.17, 15) is 18.0 Å². The summed E-state index contributed by atoms with van der Waals surface area (Å²) in [6.07, 6.45) is 2.31. The minimum atomic E-state index is -4.45. The summed E-state index contributed by atoms with van der Waals surface area (Å²) >= 11 is 0. The Bertz CT molecular complexity index is 697. The average Bonchev–Trinajstić information content (AvgIpc) is 3.09. The van der Waals surface area contributed by atoms with Crippen molar-refractivity contribution in [3.8, 4) is 0 Å². The Kier molecular flexibility index (Phi) is 4.59. The van der Waals surface area contributed by atoms with Gasteiger partial charge in [-0.1, -0.05) is 18.2 Å². The highest BCUT2D eigenvalue weighted by Crippen LogP contribution is 2.32. The minimum absolute atomic E-state index is 0.0276. The predicted molar refractivity (Wildman–Crippen MR) is 82.2 cm³/mol. The molecule has 0 aliphatic carbocycles. The maximum absolute atomic E-state index is 13.1. The van der Waals surface area contributed by atoms with Crippen LogP contribution in [0.2, 0.25) is 0 Å². The summed E-state index contributed by atoms with van der Waals surface area (Å²) in [7, 11) is 0. The van der Waals surface area contributed by atoms with E-state index in [1.807, 2.05) is 10.8 Å². The molecule has 1 aromatic heterocycles. The molecule has 4 nitrogen and oxygen atoms in total. The van der Waals surface area contributed by atoms with Crippen LogP contribution < -0.4 is 0 Å². The van der Waals surface area contributed by atoms with Crippen LogP contribution in [0.3, 0.4) is 0 Å². The Morgan fingerprint density at radius 3 is 2.79 bits per heavy atom. The number of hydrogen-bond donors (Lipinski definition) is 0. The smallest absolute Gasteiger partial charge is 0.340 e. The third-order valence-corrected chi connectivity index (χ3v) is 4.36. The zero-order valence-corrected chi connectivity index (χ0v) is 13.0. The number of hydrogen-bond acceptors (Lipinski definition) is 2. The molecule has 7 heteroatoms. The fourth-order valence-corrected chi connectivity index (χ4v) is 3.14. The van der Waals surface area contributed by atoms with Crippen LogP contribution in [-0.4, -0.2) is 33.4 Å². The van der Waals surface area contributed by atoms with E-state index in [-0.39, 0.29) is 23.9 Å². The molecule has 0 radical (unpaired) electrons. The highest BCUT2D eigenvalue weighted by Gasteiger charge is 2.34. The number of carbonyl (C=O) groups is 1. The summed E-state index contributed by atoms with van der Waals surface area (Å²) in [5, 5.41) is 0. The monoisotopic (exact) mass is 337 g/mol. The van der Waals surface area contributed by atoms with Crippen molar-refractivity contribution in [2.45, 2.75) is 31.5 Å². The molecular formula is C17H18F3N3O. The maximum atomic E-state index is 13.1. The number of amides is 1. The molecule has 0 unspecified atom stereocenters. The van der Waals surface area contributed by atoms with Crippen LogP contribution in [0.5, 0.6) is 0 Å². The van der Waals surface area contributed by atoms with Crippen LogP contribution in [0.25, 0.3) is 0 Å². The van der Waals surface area contributed by atoms with Crippen LogP contribution in [0.15, 0.2) is 43.0 Å². The molecule has 0 saturated carbocycles. The van der Waals surface area contributed by atoms with E-state index in [2.05, 4.69) is 4.98 Å². The lowest BCUT2D eigenvalue weighted by atomic mass is 10.0. The van der Waals surface area contributed by atoms with E-state index >= 15 is 0 Å². The number of carbonyl (C=O) groups excluding carboxylic acids is 1. The molecule has 0 bridgehead atoms. The van der Waals surface area contributed by atoms with Gasteiger partial charge in [0.2, 0.25) is 5.91 Å². The number of piperidine rings is 1. The molecular weight excluding hydrogens is 319 g/mol. The third-order valence-electron chi connectivity index (χ3n) is 4.36. The van der Waals surface area contributed by atoms with Gasteiger partial charge in [0.05, 0.1) is 24.4 Å². The van der Waals surface area contributed by atoms with Gasteiger partial charge in [0.15, 0.2) is 0 Å². The Hall–Kier alpha value is -2.31. The first-order valence-electron chi connectivity index (χ1n) is 7.85. The van der Waals surface area contributed by atoms with E-state index in [1.54, 1.807) is 17.4 Å². The second-order valence-corrected chi connectivity index (χ2v) is 5.98. The first kappa shape index (κ1) is 16.5. The molecule has 128 valence electrons. The quantitative estimate of drug-likeness (QED) is 0.862. The van der Waals surface area contributed by atoms with Gasteiger partial charge in [-0.25, -0.2) is 4.98 Å². The lowest BCUT2D eigenvalue weighted by Gasteiger charge is -2.33. The standard InChI is InChI=1S/C17H18F3N3O/c18-17(19,20)15-6-2-1-4-13(15)10-16(24)22-8-3-5-14(11-22)23-9-7-21-12-23/h1-2,4,6-7,9,12,14H,3,5,8,10-11H2/t14-/m0/s1. The van der Waals surface area contributed by atoms with Crippen molar-refractivity contribution in [1.29, 1.82) is 0 Å². The number of rotatable bonds is 3. The average molecular weight is 337 g/mol. The number of likely N-dealkylation sites (tertiary alicyclic amines) is 1.